The molecule has 1 N–H and O–H groups in total. The number of hydrogen-bond acceptors (Lipinski definition) is 5. The number of anilines is 1. The lowest BCUT2D eigenvalue weighted by molar-refractivity contribution is 0.0136. The number of nitrogens with one attached hydrogen (secondary N) is 1. The number of rotatable bonds is 5. The van der Waals surface area contributed by atoms with Crippen LogP contribution in [-0.2, 0) is 17.7 Å². The maximum absolute atomic E-state index is 14.9. The lowest BCUT2D eigenvalue weighted by Crippen LogP contribution is -2.30. The summed E-state index contributed by atoms with van der Waals surface area (Å²) < 4.78 is 50.5. The number of hydrogen-bond donors (Lipinski definition) is 1. The topological polar surface area (TPSA) is 78.2 Å². The lowest BCUT2D eigenvalue weighted by Gasteiger charge is -2.25. The molecule has 3 heterocycles. The summed E-state index contributed by atoms with van der Waals surface area (Å²) in [5, 5.41) is 7.88. The summed E-state index contributed by atoms with van der Waals surface area (Å²) in [7, 11) is 1.44. The molecule has 33 heavy (non-hydrogen) atoms. The molecule has 0 spiro atoms. The zero-order valence-corrected chi connectivity index (χ0v) is 18.6. The van der Waals surface area contributed by atoms with E-state index in [1.54, 1.807) is 17.7 Å². The Morgan fingerprint density at radius 2 is 1.91 bits per heavy atom. The van der Waals surface area contributed by atoms with Crippen LogP contribution in [-0.4, -0.2) is 27.6 Å². The molecular formula is C23H25F3N4O3. The molecule has 0 amide bonds. The minimum absolute atomic E-state index is 0.0376. The van der Waals surface area contributed by atoms with Crippen molar-refractivity contribution >= 4 is 16.6 Å². The Balaban J connectivity index is 1.80. The van der Waals surface area contributed by atoms with Crippen molar-refractivity contribution in [2.75, 3.05) is 18.5 Å². The van der Waals surface area contributed by atoms with Crippen LogP contribution in [0.3, 0.4) is 0 Å². The fraction of sp³-hybridized carbons (Fsp3) is 0.435. The summed E-state index contributed by atoms with van der Waals surface area (Å²) in [5.41, 5.74) is -1.41. The van der Waals surface area contributed by atoms with Gasteiger partial charge in [0, 0.05) is 56.4 Å². The second-order valence-corrected chi connectivity index (χ2v) is 8.43. The Labute approximate surface area is 187 Å². The number of nitrogens with zero attached hydrogens (tertiary/aromatic N) is 3. The van der Waals surface area contributed by atoms with E-state index in [0.717, 1.165) is 10.7 Å². The van der Waals surface area contributed by atoms with Gasteiger partial charge in [-0.2, -0.15) is 5.10 Å². The van der Waals surface area contributed by atoms with Gasteiger partial charge < -0.3 is 14.6 Å². The van der Waals surface area contributed by atoms with Gasteiger partial charge in [-0.3, -0.25) is 9.59 Å². The highest BCUT2D eigenvalue weighted by Crippen LogP contribution is 2.33. The summed E-state index contributed by atoms with van der Waals surface area (Å²) in [6.07, 6.45) is 2.91. The van der Waals surface area contributed by atoms with E-state index >= 15 is 0 Å². The molecule has 0 radical (unpaired) electrons. The van der Waals surface area contributed by atoms with Crippen LogP contribution in [0, 0.1) is 5.82 Å². The Hall–Kier alpha value is -3.14. The minimum atomic E-state index is -3.33. The number of aryl methyl sites for hydroxylation is 1. The van der Waals surface area contributed by atoms with Gasteiger partial charge in [-0.25, -0.2) is 17.9 Å². The van der Waals surface area contributed by atoms with Gasteiger partial charge in [0.2, 0.25) is 0 Å². The lowest BCUT2D eigenvalue weighted by atomic mass is 10.0. The van der Waals surface area contributed by atoms with Gasteiger partial charge in [-0.05, 0) is 19.8 Å². The van der Waals surface area contributed by atoms with E-state index in [1.807, 2.05) is 0 Å². The molecule has 1 atom stereocenters. The van der Waals surface area contributed by atoms with Crippen LogP contribution in [0.25, 0.3) is 10.8 Å². The Morgan fingerprint density at radius 3 is 2.58 bits per heavy atom. The summed E-state index contributed by atoms with van der Waals surface area (Å²) in [4.78, 5) is 25.4. The van der Waals surface area contributed by atoms with Crippen molar-refractivity contribution in [3.63, 3.8) is 0 Å². The first-order valence-corrected chi connectivity index (χ1v) is 10.7. The van der Waals surface area contributed by atoms with E-state index in [2.05, 4.69) is 10.4 Å². The Bertz CT molecular complexity index is 1310. The van der Waals surface area contributed by atoms with Crippen LogP contribution >= 0.6 is 0 Å². The van der Waals surface area contributed by atoms with Crippen molar-refractivity contribution in [2.24, 2.45) is 7.05 Å². The monoisotopic (exact) mass is 462 g/mol. The first-order valence-electron chi connectivity index (χ1n) is 10.7. The van der Waals surface area contributed by atoms with Gasteiger partial charge in [0.15, 0.2) is 5.82 Å². The Kier molecular flexibility index (Phi) is 6.04. The van der Waals surface area contributed by atoms with Crippen molar-refractivity contribution in [3.8, 4) is 0 Å². The fourth-order valence-corrected chi connectivity index (χ4v) is 4.20. The maximum atomic E-state index is 14.9. The molecule has 1 saturated heterocycles. The van der Waals surface area contributed by atoms with Crippen molar-refractivity contribution in [3.05, 3.63) is 68.1 Å². The zero-order valence-electron chi connectivity index (χ0n) is 18.6. The minimum Gasteiger partial charge on any atom is -0.381 e. The number of pyridine rings is 1. The van der Waals surface area contributed by atoms with Crippen molar-refractivity contribution in [1.29, 1.82) is 0 Å². The normalized spacial score (nSPS) is 16.2. The van der Waals surface area contributed by atoms with Crippen molar-refractivity contribution < 1.29 is 17.9 Å². The molecular weight excluding hydrogens is 437 g/mol. The second kappa shape index (κ2) is 8.66. The van der Waals surface area contributed by atoms with Gasteiger partial charge in [0.25, 0.3) is 17.0 Å². The van der Waals surface area contributed by atoms with Crippen LogP contribution in [0.5, 0.6) is 0 Å². The van der Waals surface area contributed by atoms with Crippen molar-refractivity contribution in [1.82, 2.24) is 14.3 Å². The number of aromatic nitrogens is 3. The molecule has 1 fully saturated rings. The standard InChI is InChI=1S/C23H25F3N4O3/c1-13(15-5-4-6-18(20(15)24)23(2,25)26)27-21-17-12-30(14-7-9-33-10-8-14)19(31)11-16(17)22(32)29(3)28-21/h4-6,11-14H,7-10H2,1-3H3,(H,27,28)/t13-/m1/s1. The molecule has 3 aromatic rings. The SMILES string of the molecule is C[C@@H](Nc1nn(C)c(=O)c2cc(=O)n(C3CCOCC3)cc12)c1cccc(C(C)(F)F)c1F. The van der Waals surface area contributed by atoms with Gasteiger partial charge in [-0.1, -0.05) is 18.2 Å². The molecule has 1 aliphatic heterocycles. The number of halogens is 3. The highest BCUT2D eigenvalue weighted by Gasteiger charge is 2.30. The van der Waals surface area contributed by atoms with Gasteiger partial charge in [-0.15, -0.1) is 0 Å². The third-order valence-electron chi connectivity index (χ3n) is 6.02. The van der Waals surface area contributed by atoms with Gasteiger partial charge in [0.05, 0.1) is 17.0 Å². The molecule has 10 heteroatoms. The maximum Gasteiger partial charge on any atom is 0.274 e. The molecule has 0 bridgehead atoms. The van der Waals surface area contributed by atoms with Gasteiger partial charge >= 0.3 is 0 Å². The van der Waals surface area contributed by atoms with Crippen LogP contribution in [0.4, 0.5) is 19.0 Å². The van der Waals surface area contributed by atoms with E-state index in [1.165, 1.54) is 25.2 Å². The van der Waals surface area contributed by atoms with E-state index < -0.39 is 28.9 Å². The quantitative estimate of drug-likeness (QED) is 0.623. The summed E-state index contributed by atoms with van der Waals surface area (Å²) in [6, 6.07) is 4.31. The smallest absolute Gasteiger partial charge is 0.274 e. The third-order valence-corrected chi connectivity index (χ3v) is 6.02. The molecule has 1 aliphatic rings. The summed E-state index contributed by atoms with van der Waals surface area (Å²) in [5.74, 6) is -4.09. The number of ether oxygens (including phenoxy) is 1. The molecule has 7 nitrogen and oxygen atoms in total. The summed E-state index contributed by atoms with van der Waals surface area (Å²) >= 11 is 0. The molecule has 1 aromatic carbocycles. The van der Waals surface area contributed by atoms with Crippen LogP contribution < -0.4 is 16.4 Å². The molecule has 0 saturated carbocycles. The average Bonchev–Trinajstić information content (AvgIpc) is 2.77. The van der Waals surface area contributed by atoms with Crippen LogP contribution in [0.1, 0.15) is 49.9 Å². The molecule has 4 rings (SSSR count). The molecule has 0 aliphatic carbocycles. The van der Waals surface area contributed by atoms with E-state index in [4.69, 9.17) is 4.74 Å². The predicted molar refractivity (Wildman–Crippen MR) is 118 cm³/mol. The highest BCUT2D eigenvalue weighted by molar-refractivity contribution is 5.90. The first-order chi connectivity index (χ1) is 15.6. The zero-order chi connectivity index (χ0) is 23.9. The fourth-order valence-electron chi connectivity index (χ4n) is 4.20. The predicted octanol–water partition coefficient (Wildman–Crippen LogP) is 3.87. The van der Waals surface area contributed by atoms with Crippen molar-refractivity contribution in [2.45, 2.75) is 44.7 Å². The largest absolute Gasteiger partial charge is 0.381 e. The molecule has 2 aromatic heterocycles. The van der Waals surface area contributed by atoms with Crippen LogP contribution in [0.15, 0.2) is 40.1 Å². The third kappa shape index (κ3) is 4.39. The van der Waals surface area contributed by atoms with Gasteiger partial charge in [0.1, 0.15) is 5.82 Å². The van der Waals surface area contributed by atoms with E-state index in [-0.39, 0.29) is 28.4 Å². The average molecular weight is 462 g/mol. The first kappa shape index (κ1) is 23.0. The second-order valence-electron chi connectivity index (χ2n) is 8.43. The van der Waals surface area contributed by atoms with E-state index in [0.29, 0.717) is 38.4 Å². The number of benzene rings is 1. The summed E-state index contributed by atoms with van der Waals surface area (Å²) in [6.45, 7) is 3.32. The number of fused-ring (bicyclic) bond motifs is 1. The van der Waals surface area contributed by atoms with Crippen LogP contribution in [0.2, 0.25) is 0 Å². The number of alkyl halides is 2. The molecule has 0 unspecified atom stereocenters. The van der Waals surface area contributed by atoms with E-state index in [9.17, 15) is 22.8 Å². The molecule has 176 valence electrons. The Morgan fingerprint density at radius 1 is 1.21 bits per heavy atom. The highest BCUT2D eigenvalue weighted by atomic mass is 19.3.